The van der Waals surface area contributed by atoms with Crippen LogP contribution in [0.25, 0.3) is 0 Å². The first-order chi connectivity index (χ1) is 16.3. The Balaban J connectivity index is 1.78. The molecule has 2 unspecified atom stereocenters. The van der Waals surface area contributed by atoms with Crippen molar-refractivity contribution in [3.05, 3.63) is 29.3 Å². The number of carbonyl (C=O) groups is 3. The normalized spacial score (nSPS) is 32.6. The number of likely N-dealkylation sites (tertiary alicyclic amines) is 1. The number of anilines is 1. The van der Waals surface area contributed by atoms with Crippen molar-refractivity contribution < 1.29 is 24.2 Å². The number of rotatable bonds is 9. The Morgan fingerprint density at radius 1 is 1.24 bits per heavy atom. The average molecular weight is 492 g/mol. The number of nitrogens with zero attached hydrogens (tertiary/aromatic N) is 1. The molecule has 3 fully saturated rings. The van der Waals surface area contributed by atoms with Crippen molar-refractivity contribution in [2.45, 2.75) is 76.2 Å². The highest BCUT2D eigenvalue weighted by molar-refractivity contribution is 6.33. The van der Waals surface area contributed by atoms with Gasteiger partial charge >= 0.3 is 0 Å². The maximum Gasteiger partial charge on any atom is 0.250 e. The third-order valence-corrected chi connectivity index (χ3v) is 8.24. The number of para-hydroxylation sites is 1. The molecule has 1 aromatic rings. The zero-order valence-electron chi connectivity index (χ0n) is 20.0. The number of hydrogen-bond donors (Lipinski definition) is 3. The van der Waals surface area contributed by atoms with Gasteiger partial charge in [-0.3, -0.25) is 14.4 Å². The Hall–Kier alpha value is -2.16. The number of halogens is 1. The van der Waals surface area contributed by atoms with E-state index in [1.54, 1.807) is 24.3 Å². The van der Waals surface area contributed by atoms with Gasteiger partial charge in [0.25, 0.3) is 0 Å². The molecular weight excluding hydrogens is 458 g/mol. The lowest BCUT2D eigenvalue weighted by Crippen LogP contribution is -2.56. The predicted molar refractivity (Wildman–Crippen MR) is 128 cm³/mol. The minimum absolute atomic E-state index is 0.201. The molecule has 0 saturated carbocycles. The molecule has 3 amide bonds. The maximum atomic E-state index is 14.0. The molecule has 6 atom stereocenters. The van der Waals surface area contributed by atoms with Gasteiger partial charge in [0.2, 0.25) is 17.7 Å². The van der Waals surface area contributed by atoms with E-state index in [9.17, 15) is 19.5 Å². The van der Waals surface area contributed by atoms with Gasteiger partial charge in [0.1, 0.15) is 11.6 Å². The Morgan fingerprint density at radius 3 is 2.59 bits per heavy atom. The van der Waals surface area contributed by atoms with Gasteiger partial charge in [-0.05, 0) is 44.2 Å². The number of hydrogen-bond acceptors (Lipinski definition) is 5. The molecule has 0 aliphatic carbocycles. The first kappa shape index (κ1) is 24.9. The number of nitrogens with one attached hydrogen (secondary N) is 2. The monoisotopic (exact) mass is 491 g/mol. The lowest BCUT2D eigenvalue weighted by Gasteiger charge is -2.37. The van der Waals surface area contributed by atoms with Crippen molar-refractivity contribution in [3.8, 4) is 0 Å². The van der Waals surface area contributed by atoms with E-state index in [1.807, 2.05) is 20.8 Å². The fourth-order valence-electron chi connectivity index (χ4n) is 6.28. The molecule has 0 radical (unpaired) electrons. The van der Waals surface area contributed by atoms with Crippen molar-refractivity contribution in [3.63, 3.8) is 0 Å². The van der Waals surface area contributed by atoms with Crippen LogP contribution in [-0.2, 0) is 19.1 Å². The summed E-state index contributed by atoms with van der Waals surface area (Å²) in [6.07, 6.45) is 2.90. The van der Waals surface area contributed by atoms with Gasteiger partial charge in [0.15, 0.2) is 0 Å². The van der Waals surface area contributed by atoms with E-state index in [1.165, 1.54) is 4.90 Å². The van der Waals surface area contributed by atoms with Crippen LogP contribution < -0.4 is 10.6 Å². The van der Waals surface area contributed by atoms with Gasteiger partial charge in [-0.2, -0.15) is 0 Å². The van der Waals surface area contributed by atoms with E-state index in [4.69, 9.17) is 16.3 Å². The Bertz CT molecular complexity index is 970. The van der Waals surface area contributed by atoms with Crippen LogP contribution in [0.3, 0.4) is 0 Å². The van der Waals surface area contributed by atoms with Crippen LogP contribution in [0.5, 0.6) is 0 Å². The highest BCUT2D eigenvalue weighted by Crippen LogP contribution is 2.64. The SMILES string of the molecule is CCCNC(=O)[C@H]1[C@H]2C(=O)N([C@@H](CC)CO)C(C(=O)Nc3ccccc3Cl)C23CC[C@]1(CC)O3. The van der Waals surface area contributed by atoms with Gasteiger partial charge in [-0.15, -0.1) is 0 Å². The minimum atomic E-state index is -1.13. The second-order valence-corrected chi connectivity index (χ2v) is 9.99. The molecule has 4 rings (SSSR count). The molecule has 0 aromatic heterocycles. The number of aliphatic hydroxyl groups is 1. The van der Waals surface area contributed by atoms with Gasteiger partial charge in [-0.25, -0.2) is 0 Å². The lowest BCUT2D eigenvalue weighted by molar-refractivity contribution is -0.149. The van der Waals surface area contributed by atoms with Crippen LogP contribution in [0.15, 0.2) is 24.3 Å². The Morgan fingerprint density at radius 2 is 1.97 bits per heavy atom. The summed E-state index contributed by atoms with van der Waals surface area (Å²) in [7, 11) is 0. The third-order valence-electron chi connectivity index (χ3n) is 7.91. The van der Waals surface area contributed by atoms with Crippen LogP contribution in [0.4, 0.5) is 5.69 Å². The zero-order valence-corrected chi connectivity index (χ0v) is 20.7. The molecule has 34 heavy (non-hydrogen) atoms. The molecule has 186 valence electrons. The summed E-state index contributed by atoms with van der Waals surface area (Å²) in [6, 6.07) is 5.37. The van der Waals surface area contributed by atoms with E-state index < -0.39 is 41.0 Å². The van der Waals surface area contributed by atoms with E-state index in [0.717, 1.165) is 6.42 Å². The smallest absolute Gasteiger partial charge is 0.250 e. The van der Waals surface area contributed by atoms with E-state index >= 15 is 0 Å². The summed E-state index contributed by atoms with van der Waals surface area (Å²) >= 11 is 6.28. The molecule has 3 saturated heterocycles. The molecule has 1 spiro atoms. The van der Waals surface area contributed by atoms with Crippen LogP contribution in [-0.4, -0.2) is 64.2 Å². The number of ether oxygens (including phenoxy) is 1. The van der Waals surface area contributed by atoms with Crippen LogP contribution in [0.2, 0.25) is 5.02 Å². The maximum absolute atomic E-state index is 14.0. The second-order valence-electron chi connectivity index (χ2n) is 9.58. The van der Waals surface area contributed by atoms with E-state index in [0.29, 0.717) is 42.9 Å². The number of carbonyl (C=O) groups excluding carboxylic acids is 3. The number of aliphatic hydroxyl groups excluding tert-OH is 1. The molecule has 8 nitrogen and oxygen atoms in total. The lowest BCUT2D eigenvalue weighted by atomic mass is 9.65. The Kier molecular flexibility index (Phi) is 6.95. The number of amides is 3. The molecular formula is C25H34ClN3O5. The fraction of sp³-hybridized carbons (Fsp3) is 0.640. The molecule has 1 aromatic carbocycles. The van der Waals surface area contributed by atoms with Gasteiger partial charge in [0, 0.05) is 6.54 Å². The quantitative estimate of drug-likeness (QED) is 0.492. The number of fused-ring (bicyclic) bond motifs is 1. The van der Waals surface area contributed by atoms with Crippen LogP contribution >= 0.6 is 11.6 Å². The first-order valence-corrected chi connectivity index (χ1v) is 12.6. The summed E-state index contributed by atoms with van der Waals surface area (Å²) in [4.78, 5) is 42.6. The summed E-state index contributed by atoms with van der Waals surface area (Å²) in [5, 5.41) is 16.3. The van der Waals surface area contributed by atoms with Gasteiger partial charge in [0.05, 0.1) is 40.8 Å². The molecule has 2 bridgehead atoms. The van der Waals surface area contributed by atoms with Crippen molar-refractivity contribution in [2.75, 3.05) is 18.5 Å². The summed E-state index contributed by atoms with van der Waals surface area (Å²) in [5.74, 6) is -2.38. The fourth-order valence-corrected chi connectivity index (χ4v) is 6.47. The van der Waals surface area contributed by atoms with Crippen LogP contribution in [0.1, 0.15) is 52.9 Å². The standard InChI is InChI=1S/C25H34ClN3O5/c1-4-13-27-21(31)18-19-23(33)29(15(5-2)14-30)20(25(19)12-11-24(18,6-3)34-25)22(32)28-17-10-8-7-9-16(17)26/h7-10,15,18-20,30H,4-6,11-14H2,1-3H3,(H,27,31)(H,28,32)/t15-,18+,19-,20?,24-,25?/m0/s1. The topological polar surface area (TPSA) is 108 Å². The van der Waals surface area contributed by atoms with Crippen molar-refractivity contribution in [2.24, 2.45) is 11.8 Å². The molecule has 9 heteroatoms. The van der Waals surface area contributed by atoms with Gasteiger partial charge < -0.3 is 25.4 Å². The Labute approximate surface area is 205 Å². The third kappa shape index (κ3) is 3.62. The highest BCUT2D eigenvalue weighted by Gasteiger charge is 2.79. The largest absolute Gasteiger partial charge is 0.394 e. The van der Waals surface area contributed by atoms with E-state index in [-0.39, 0.29) is 18.4 Å². The molecule has 3 aliphatic rings. The van der Waals surface area contributed by atoms with Crippen LogP contribution in [0, 0.1) is 11.8 Å². The van der Waals surface area contributed by atoms with Crippen molar-refractivity contribution in [1.82, 2.24) is 10.2 Å². The van der Waals surface area contributed by atoms with Gasteiger partial charge in [-0.1, -0.05) is 44.5 Å². The zero-order chi connectivity index (χ0) is 24.7. The summed E-state index contributed by atoms with van der Waals surface area (Å²) < 4.78 is 6.68. The number of benzene rings is 1. The summed E-state index contributed by atoms with van der Waals surface area (Å²) in [5.41, 5.74) is -1.47. The molecule has 3 heterocycles. The highest BCUT2D eigenvalue weighted by atomic mass is 35.5. The summed E-state index contributed by atoms with van der Waals surface area (Å²) in [6.45, 7) is 6.02. The molecule has 3 aliphatic heterocycles. The first-order valence-electron chi connectivity index (χ1n) is 12.3. The minimum Gasteiger partial charge on any atom is -0.394 e. The van der Waals surface area contributed by atoms with Crippen molar-refractivity contribution >= 4 is 35.0 Å². The van der Waals surface area contributed by atoms with E-state index in [2.05, 4.69) is 10.6 Å². The van der Waals surface area contributed by atoms with Crippen molar-refractivity contribution in [1.29, 1.82) is 0 Å². The second kappa shape index (κ2) is 9.47. The average Bonchev–Trinajstić information content (AvgIpc) is 3.44. The molecule has 3 N–H and O–H groups in total. The predicted octanol–water partition coefficient (Wildman–Crippen LogP) is 2.73.